The van der Waals surface area contributed by atoms with E-state index in [-0.39, 0.29) is 24.1 Å². The molecule has 1 saturated heterocycles. The van der Waals surface area contributed by atoms with Crippen molar-refractivity contribution in [1.29, 1.82) is 0 Å². The van der Waals surface area contributed by atoms with Crippen LogP contribution >= 0.6 is 0 Å². The highest BCUT2D eigenvalue weighted by Gasteiger charge is 2.24. The number of anilines is 2. The fourth-order valence-corrected chi connectivity index (χ4v) is 2.71. The van der Waals surface area contributed by atoms with Crippen molar-refractivity contribution in [2.24, 2.45) is 5.73 Å². The standard InChI is InChI=1S/C15H20FN7O/c16-11-3-1-10(2-4-11)12(17)9-13(24)22-5-7-23(8-6-22)15-19-14(18)20-21-15/h1-4,12H,5-9,17H2,(H3,18,19,20,21). The Morgan fingerprint density at radius 2 is 1.92 bits per heavy atom. The molecule has 1 fully saturated rings. The second-order valence-corrected chi connectivity index (χ2v) is 5.75. The molecule has 1 aromatic carbocycles. The van der Waals surface area contributed by atoms with E-state index in [1.807, 2.05) is 4.90 Å². The number of H-pyrrole nitrogens is 1. The number of piperazine rings is 1. The van der Waals surface area contributed by atoms with Crippen molar-refractivity contribution in [1.82, 2.24) is 20.1 Å². The number of nitrogens with one attached hydrogen (secondary N) is 1. The summed E-state index contributed by atoms with van der Waals surface area (Å²) in [5.41, 5.74) is 12.3. The molecule has 128 valence electrons. The van der Waals surface area contributed by atoms with Crippen LogP contribution in [0.5, 0.6) is 0 Å². The van der Waals surface area contributed by atoms with Gasteiger partial charge in [-0.05, 0) is 17.7 Å². The number of aromatic nitrogens is 3. The first-order chi connectivity index (χ1) is 11.5. The molecule has 0 bridgehead atoms. The second-order valence-electron chi connectivity index (χ2n) is 5.75. The van der Waals surface area contributed by atoms with Gasteiger partial charge < -0.3 is 21.3 Å². The van der Waals surface area contributed by atoms with Crippen molar-refractivity contribution in [3.8, 4) is 0 Å². The van der Waals surface area contributed by atoms with E-state index in [1.165, 1.54) is 12.1 Å². The van der Waals surface area contributed by atoms with E-state index < -0.39 is 6.04 Å². The first-order valence-corrected chi connectivity index (χ1v) is 7.74. The summed E-state index contributed by atoms with van der Waals surface area (Å²) >= 11 is 0. The van der Waals surface area contributed by atoms with Gasteiger partial charge in [-0.15, -0.1) is 5.10 Å². The Balaban J connectivity index is 1.52. The molecule has 1 unspecified atom stereocenters. The van der Waals surface area contributed by atoms with E-state index in [0.717, 1.165) is 5.56 Å². The van der Waals surface area contributed by atoms with Gasteiger partial charge in [0, 0.05) is 38.6 Å². The summed E-state index contributed by atoms with van der Waals surface area (Å²) in [6, 6.07) is 5.48. The minimum absolute atomic E-state index is 0.0130. The Labute approximate surface area is 138 Å². The number of carbonyl (C=O) groups is 1. The molecule has 0 spiro atoms. The number of nitrogens with two attached hydrogens (primary N) is 2. The van der Waals surface area contributed by atoms with E-state index in [1.54, 1.807) is 17.0 Å². The van der Waals surface area contributed by atoms with E-state index in [4.69, 9.17) is 11.5 Å². The van der Waals surface area contributed by atoms with Crippen molar-refractivity contribution >= 4 is 17.8 Å². The second kappa shape index (κ2) is 6.83. The topological polar surface area (TPSA) is 117 Å². The summed E-state index contributed by atoms with van der Waals surface area (Å²) in [4.78, 5) is 20.2. The monoisotopic (exact) mass is 333 g/mol. The van der Waals surface area contributed by atoms with Gasteiger partial charge in [-0.2, -0.15) is 4.98 Å². The normalized spacial score (nSPS) is 16.2. The van der Waals surface area contributed by atoms with Crippen LogP contribution in [0.15, 0.2) is 24.3 Å². The number of hydrogen-bond acceptors (Lipinski definition) is 6. The van der Waals surface area contributed by atoms with Gasteiger partial charge in [0.15, 0.2) is 0 Å². The number of aromatic amines is 1. The van der Waals surface area contributed by atoms with Crippen molar-refractivity contribution in [3.63, 3.8) is 0 Å². The summed E-state index contributed by atoms with van der Waals surface area (Å²) in [6.45, 7) is 2.41. The molecular formula is C15H20FN7O. The molecule has 24 heavy (non-hydrogen) atoms. The third-order valence-electron chi connectivity index (χ3n) is 4.10. The molecular weight excluding hydrogens is 313 g/mol. The van der Waals surface area contributed by atoms with Gasteiger partial charge in [0.2, 0.25) is 17.8 Å². The van der Waals surface area contributed by atoms with Crippen LogP contribution in [0.2, 0.25) is 0 Å². The summed E-state index contributed by atoms with van der Waals surface area (Å²) in [6.07, 6.45) is 0.194. The number of nitrogen functional groups attached to an aromatic ring is 1. The van der Waals surface area contributed by atoms with Crippen molar-refractivity contribution in [2.45, 2.75) is 12.5 Å². The molecule has 1 aliphatic heterocycles. The molecule has 0 aliphatic carbocycles. The van der Waals surface area contributed by atoms with Crippen LogP contribution in [0.1, 0.15) is 18.0 Å². The lowest BCUT2D eigenvalue weighted by Gasteiger charge is -2.34. The maximum absolute atomic E-state index is 12.9. The van der Waals surface area contributed by atoms with E-state index in [2.05, 4.69) is 15.2 Å². The SMILES string of the molecule is Nc1nc(N2CCN(C(=O)CC(N)c3ccc(F)cc3)CC2)n[nH]1. The average molecular weight is 333 g/mol. The van der Waals surface area contributed by atoms with Gasteiger partial charge in [0.25, 0.3) is 0 Å². The molecule has 9 heteroatoms. The molecule has 0 radical (unpaired) electrons. The molecule has 1 amide bonds. The molecule has 3 rings (SSSR count). The van der Waals surface area contributed by atoms with Crippen molar-refractivity contribution in [2.75, 3.05) is 36.8 Å². The fourth-order valence-electron chi connectivity index (χ4n) is 2.71. The van der Waals surface area contributed by atoms with E-state index in [0.29, 0.717) is 32.1 Å². The van der Waals surface area contributed by atoms with Crippen LogP contribution in [0.3, 0.4) is 0 Å². The van der Waals surface area contributed by atoms with Crippen LogP contribution in [-0.2, 0) is 4.79 Å². The van der Waals surface area contributed by atoms with Gasteiger partial charge >= 0.3 is 0 Å². The maximum atomic E-state index is 12.9. The zero-order chi connectivity index (χ0) is 17.1. The lowest BCUT2D eigenvalue weighted by Crippen LogP contribution is -2.49. The molecule has 1 aliphatic rings. The largest absolute Gasteiger partial charge is 0.368 e. The number of nitrogens with zero attached hydrogens (tertiary/aromatic N) is 4. The highest BCUT2D eigenvalue weighted by Crippen LogP contribution is 2.17. The summed E-state index contributed by atoms with van der Waals surface area (Å²) < 4.78 is 12.9. The summed E-state index contributed by atoms with van der Waals surface area (Å²) in [5, 5.41) is 6.61. The van der Waals surface area contributed by atoms with Gasteiger partial charge in [-0.25, -0.2) is 9.49 Å². The van der Waals surface area contributed by atoms with Crippen molar-refractivity contribution < 1.29 is 9.18 Å². The maximum Gasteiger partial charge on any atom is 0.246 e. The minimum Gasteiger partial charge on any atom is -0.368 e. The summed E-state index contributed by atoms with van der Waals surface area (Å²) in [7, 11) is 0. The first kappa shape index (κ1) is 16.2. The Bertz CT molecular complexity index is 694. The molecule has 2 heterocycles. The van der Waals surface area contributed by atoms with E-state index >= 15 is 0 Å². The number of benzene rings is 1. The van der Waals surface area contributed by atoms with Crippen LogP contribution < -0.4 is 16.4 Å². The van der Waals surface area contributed by atoms with E-state index in [9.17, 15) is 9.18 Å². The zero-order valence-corrected chi connectivity index (χ0v) is 13.2. The third kappa shape index (κ3) is 3.62. The molecule has 1 aromatic heterocycles. The smallest absolute Gasteiger partial charge is 0.246 e. The number of amides is 1. The lowest BCUT2D eigenvalue weighted by atomic mass is 10.0. The quantitative estimate of drug-likeness (QED) is 0.739. The molecule has 8 nitrogen and oxygen atoms in total. The van der Waals surface area contributed by atoms with Gasteiger partial charge in [-0.1, -0.05) is 12.1 Å². The van der Waals surface area contributed by atoms with Crippen LogP contribution in [0, 0.1) is 5.82 Å². The lowest BCUT2D eigenvalue weighted by molar-refractivity contribution is -0.131. The highest BCUT2D eigenvalue weighted by atomic mass is 19.1. The Kier molecular flexibility index (Phi) is 4.61. The number of carbonyl (C=O) groups excluding carboxylic acids is 1. The number of rotatable bonds is 4. The highest BCUT2D eigenvalue weighted by molar-refractivity contribution is 5.77. The van der Waals surface area contributed by atoms with Crippen LogP contribution in [0.25, 0.3) is 0 Å². The first-order valence-electron chi connectivity index (χ1n) is 7.74. The predicted molar refractivity (Wildman–Crippen MR) is 87.5 cm³/mol. The Morgan fingerprint density at radius 1 is 1.25 bits per heavy atom. The van der Waals surface area contributed by atoms with Gasteiger partial charge in [0.05, 0.1) is 0 Å². The number of halogens is 1. The van der Waals surface area contributed by atoms with Crippen LogP contribution in [0.4, 0.5) is 16.3 Å². The third-order valence-corrected chi connectivity index (χ3v) is 4.10. The van der Waals surface area contributed by atoms with Crippen LogP contribution in [-0.4, -0.2) is 52.2 Å². The molecule has 1 atom stereocenters. The fraction of sp³-hybridized carbons (Fsp3) is 0.400. The minimum atomic E-state index is -0.441. The van der Waals surface area contributed by atoms with Gasteiger partial charge in [-0.3, -0.25) is 4.79 Å². The molecule has 0 saturated carbocycles. The number of hydrogen-bond donors (Lipinski definition) is 3. The molecule has 5 N–H and O–H groups in total. The Morgan fingerprint density at radius 3 is 2.50 bits per heavy atom. The zero-order valence-electron chi connectivity index (χ0n) is 13.2. The summed E-state index contributed by atoms with van der Waals surface area (Å²) in [5.74, 6) is 0.485. The predicted octanol–water partition coefficient (Wildman–Crippen LogP) is 0.265. The van der Waals surface area contributed by atoms with Gasteiger partial charge in [0.1, 0.15) is 5.82 Å². The molecule has 2 aromatic rings. The van der Waals surface area contributed by atoms with Crippen molar-refractivity contribution in [3.05, 3.63) is 35.6 Å². The Hall–Kier alpha value is -2.68. The average Bonchev–Trinajstić information content (AvgIpc) is 3.02.